The molecule has 0 radical (unpaired) electrons. The van der Waals surface area contributed by atoms with Gasteiger partial charge in [0.15, 0.2) is 0 Å². The van der Waals surface area contributed by atoms with Crippen molar-refractivity contribution in [2.75, 3.05) is 10.6 Å². The lowest BCUT2D eigenvalue weighted by Crippen LogP contribution is -2.04. The summed E-state index contributed by atoms with van der Waals surface area (Å²) in [6.07, 6.45) is 0.945. The minimum atomic E-state index is 0.603. The van der Waals surface area contributed by atoms with Crippen molar-refractivity contribution in [2.24, 2.45) is 0 Å². The fraction of sp³-hybridized carbons (Fsp3) is 0.190. The van der Waals surface area contributed by atoms with Crippen LogP contribution >= 0.6 is 0 Å². The van der Waals surface area contributed by atoms with E-state index >= 15 is 0 Å². The number of benzene rings is 2. The Labute approximate surface area is 153 Å². The van der Waals surface area contributed by atoms with E-state index in [1.165, 1.54) is 11.1 Å². The van der Waals surface area contributed by atoms with Crippen molar-refractivity contribution >= 4 is 23.0 Å². The number of hydrogen-bond acceptors (Lipinski definition) is 5. The molecule has 0 saturated carbocycles. The lowest BCUT2D eigenvalue weighted by Gasteiger charge is -2.15. The van der Waals surface area contributed by atoms with Crippen LogP contribution in [0.4, 0.5) is 23.0 Å². The van der Waals surface area contributed by atoms with Gasteiger partial charge in [0.05, 0.1) is 11.6 Å². The molecule has 5 heteroatoms. The van der Waals surface area contributed by atoms with E-state index in [-0.39, 0.29) is 0 Å². The Morgan fingerprint density at radius 2 is 1.69 bits per heavy atom. The minimum absolute atomic E-state index is 0.603. The second kappa shape index (κ2) is 7.66. The average molecular weight is 343 g/mol. The highest BCUT2D eigenvalue weighted by atomic mass is 15.1. The van der Waals surface area contributed by atoms with Crippen LogP contribution in [0, 0.1) is 25.2 Å². The number of nitrogens with zero attached hydrogens (tertiary/aromatic N) is 3. The van der Waals surface area contributed by atoms with Crippen molar-refractivity contribution in [3.8, 4) is 6.07 Å². The standard InChI is InChI=1S/C21H21N5/c1-4-17-9-5-7-14(2)21(17)26-20-12-19(23-15(3)24-20)25-18-10-6-8-16(11-18)13-22/h5-12H,4H2,1-3H3,(H2,23,24,25,26). The number of aromatic nitrogens is 2. The van der Waals surface area contributed by atoms with Gasteiger partial charge in [-0.3, -0.25) is 0 Å². The van der Waals surface area contributed by atoms with Crippen LogP contribution in [-0.2, 0) is 6.42 Å². The molecule has 1 aromatic heterocycles. The zero-order chi connectivity index (χ0) is 18.5. The molecule has 0 fully saturated rings. The van der Waals surface area contributed by atoms with Crippen molar-refractivity contribution in [1.82, 2.24) is 9.97 Å². The van der Waals surface area contributed by atoms with E-state index in [0.717, 1.165) is 23.6 Å². The molecular formula is C21H21N5. The van der Waals surface area contributed by atoms with Crippen molar-refractivity contribution < 1.29 is 0 Å². The Bertz CT molecular complexity index is 972. The molecule has 0 atom stereocenters. The molecule has 3 rings (SSSR count). The van der Waals surface area contributed by atoms with Gasteiger partial charge in [0.1, 0.15) is 17.5 Å². The summed E-state index contributed by atoms with van der Waals surface area (Å²) in [5.74, 6) is 2.09. The summed E-state index contributed by atoms with van der Waals surface area (Å²) < 4.78 is 0. The van der Waals surface area contributed by atoms with Crippen LogP contribution in [0.2, 0.25) is 0 Å². The van der Waals surface area contributed by atoms with E-state index in [4.69, 9.17) is 5.26 Å². The Morgan fingerprint density at radius 1 is 0.962 bits per heavy atom. The maximum absolute atomic E-state index is 9.04. The van der Waals surface area contributed by atoms with E-state index in [2.05, 4.69) is 58.7 Å². The number of aryl methyl sites for hydroxylation is 3. The van der Waals surface area contributed by atoms with Crippen molar-refractivity contribution in [3.05, 3.63) is 71.0 Å². The molecule has 26 heavy (non-hydrogen) atoms. The van der Waals surface area contributed by atoms with E-state index in [1.807, 2.05) is 25.1 Å². The van der Waals surface area contributed by atoms with Crippen LogP contribution in [0.15, 0.2) is 48.5 Å². The number of nitrogens with one attached hydrogen (secondary N) is 2. The van der Waals surface area contributed by atoms with Crippen molar-refractivity contribution in [2.45, 2.75) is 27.2 Å². The van der Waals surface area contributed by atoms with Gasteiger partial charge < -0.3 is 10.6 Å². The van der Waals surface area contributed by atoms with Crippen LogP contribution in [0.3, 0.4) is 0 Å². The first-order valence-electron chi connectivity index (χ1n) is 8.57. The van der Waals surface area contributed by atoms with Gasteiger partial charge in [0.2, 0.25) is 0 Å². The van der Waals surface area contributed by atoms with Gasteiger partial charge in [-0.1, -0.05) is 31.2 Å². The Balaban J connectivity index is 1.90. The predicted octanol–water partition coefficient (Wildman–Crippen LogP) is 5.01. The molecule has 2 aromatic carbocycles. The molecule has 0 aliphatic heterocycles. The average Bonchev–Trinajstić information content (AvgIpc) is 2.63. The molecule has 1 heterocycles. The summed E-state index contributed by atoms with van der Waals surface area (Å²) >= 11 is 0. The minimum Gasteiger partial charge on any atom is -0.340 e. The van der Waals surface area contributed by atoms with Crippen LogP contribution < -0.4 is 10.6 Å². The molecule has 0 aliphatic carbocycles. The molecular weight excluding hydrogens is 322 g/mol. The van der Waals surface area contributed by atoms with E-state index in [1.54, 1.807) is 12.1 Å². The van der Waals surface area contributed by atoms with E-state index in [0.29, 0.717) is 17.2 Å². The third-order valence-corrected chi connectivity index (χ3v) is 4.10. The lowest BCUT2D eigenvalue weighted by atomic mass is 10.1. The Hall–Kier alpha value is -3.39. The van der Waals surface area contributed by atoms with Gasteiger partial charge in [0, 0.05) is 17.4 Å². The van der Waals surface area contributed by atoms with Crippen molar-refractivity contribution in [1.29, 1.82) is 5.26 Å². The molecule has 0 spiro atoms. The third-order valence-electron chi connectivity index (χ3n) is 4.10. The van der Waals surface area contributed by atoms with Gasteiger partial charge in [-0.25, -0.2) is 9.97 Å². The molecule has 130 valence electrons. The number of anilines is 4. The summed E-state index contributed by atoms with van der Waals surface area (Å²) in [4.78, 5) is 8.95. The number of hydrogen-bond donors (Lipinski definition) is 2. The van der Waals surface area contributed by atoms with Crippen molar-refractivity contribution in [3.63, 3.8) is 0 Å². The second-order valence-electron chi connectivity index (χ2n) is 6.09. The number of para-hydroxylation sites is 1. The maximum Gasteiger partial charge on any atom is 0.136 e. The van der Waals surface area contributed by atoms with Gasteiger partial charge in [-0.2, -0.15) is 5.26 Å². The number of rotatable bonds is 5. The van der Waals surface area contributed by atoms with Crippen LogP contribution in [0.25, 0.3) is 0 Å². The third kappa shape index (κ3) is 3.98. The first-order valence-corrected chi connectivity index (χ1v) is 8.57. The lowest BCUT2D eigenvalue weighted by molar-refractivity contribution is 1.05. The van der Waals surface area contributed by atoms with E-state index in [9.17, 15) is 0 Å². The number of nitriles is 1. The van der Waals surface area contributed by atoms with E-state index < -0.39 is 0 Å². The fourth-order valence-corrected chi connectivity index (χ4v) is 2.84. The molecule has 2 N–H and O–H groups in total. The molecule has 0 bridgehead atoms. The molecule has 0 unspecified atom stereocenters. The summed E-state index contributed by atoms with van der Waals surface area (Å²) in [7, 11) is 0. The largest absolute Gasteiger partial charge is 0.340 e. The molecule has 3 aromatic rings. The maximum atomic E-state index is 9.04. The SMILES string of the molecule is CCc1cccc(C)c1Nc1cc(Nc2cccc(C#N)c2)nc(C)n1. The highest BCUT2D eigenvalue weighted by Crippen LogP contribution is 2.26. The smallest absolute Gasteiger partial charge is 0.136 e. The fourth-order valence-electron chi connectivity index (χ4n) is 2.84. The second-order valence-corrected chi connectivity index (χ2v) is 6.09. The summed E-state index contributed by atoms with van der Waals surface area (Å²) in [6, 6.07) is 17.6. The molecule has 0 saturated heterocycles. The normalized spacial score (nSPS) is 10.2. The van der Waals surface area contributed by atoms with Gasteiger partial charge >= 0.3 is 0 Å². The quantitative estimate of drug-likeness (QED) is 0.681. The first-order chi connectivity index (χ1) is 12.6. The van der Waals surface area contributed by atoms with Gasteiger partial charge in [0.25, 0.3) is 0 Å². The zero-order valence-electron chi connectivity index (χ0n) is 15.2. The molecule has 0 amide bonds. The summed E-state index contributed by atoms with van der Waals surface area (Å²) in [6.45, 7) is 6.09. The van der Waals surface area contributed by atoms with Crippen LogP contribution in [-0.4, -0.2) is 9.97 Å². The highest BCUT2D eigenvalue weighted by molar-refractivity contribution is 5.68. The Morgan fingerprint density at radius 3 is 2.42 bits per heavy atom. The molecule has 5 nitrogen and oxygen atoms in total. The topological polar surface area (TPSA) is 73.6 Å². The highest BCUT2D eigenvalue weighted by Gasteiger charge is 2.08. The van der Waals surface area contributed by atoms with Gasteiger partial charge in [-0.15, -0.1) is 0 Å². The van der Waals surface area contributed by atoms with Gasteiger partial charge in [-0.05, 0) is 49.6 Å². The molecule has 0 aliphatic rings. The zero-order valence-corrected chi connectivity index (χ0v) is 15.2. The predicted molar refractivity (Wildman–Crippen MR) is 105 cm³/mol. The summed E-state index contributed by atoms with van der Waals surface area (Å²) in [5, 5.41) is 15.7. The summed E-state index contributed by atoms with van der Waals surface area (Å²) in [5.41, 5.74) is 4.93. The Kier molecular flexibility index (Phi) is 5.14. The first kappa shape index (κ1) is 17.4. The van der Waals surface area contributed by atoms with Crippen LogP contribution in [0.1, 0.15) is 29.4 Å². The monoisotopic (exact) mass is 343 g/mol. The van der Waals surface area contributed by atoms with Crippen LogP contribution in [0.5, 0.6) is 0 Å².